The van der Waals surface area contributed by atoms with Crippen LogP contribution in [0.2, 0.25) is 0 Å². The molecule has 0 saturated carbocycles. The lowest BCUT2D eigenvalue weighted by atomic mass is 10.2. The van der Waals surface area contributed by atoms with Crippen LogP contribution < -0.4 is 4.74 Å². The molecule has 0 heterocycles. The fraction of sp³-hybridized carbons (Fsp3) is 0.400. The third-order valence-corrected chi connectivity index (χ3v) is 3.71. The molecule has 0 amide bonds. The van der Waals surface area contributed by atoms with Crippen LogP contribution in [0.4, 0.5) is 13.2 Å². The van der Waals surface area contributed by atoms with Crippen LogP contribution in [-0.4, -0.2) is 17.9 Å². The maximum atomic E-state index is 11.9. The molecule has 1 rings (SSSR count). The smallest absolute Gasteiger partial charge is 0.441 e. The molecule has 96 valence electrons. The second-order valence-electron chi connectivity index (χ2n) is 3.00. The lowest BCUT2D eigenvalue weighted by Gasteiger charge is -2.12. The van der Waals surface area contributed by atoms with Crippen molar-refractivity contribution in [1.29, 1.82) is 0 Å². The molecule has 0 aromatic heterocycles. The number of ether oxygens (including phenoxy) is 1. The van der Waals surface area contributed by atoms with Gasteiger partial charge in [0.1, 0.15) is 5.75 Å². The zero-order chi connectivity index (χ0) is 12.9. The van der Waals surface area contributed by atoms with E-state index in [0.717, 1.165) is 10.0 Å². The van der Waals surface area contributed by atoms with Crippen LogP contribution in [0.3, 0.4) is 0 Å². The van der Waals surface area contributed by atoms with E-state index in [1.54, 1.807) is 6.07 Å². The second-order valence-corrected chi connectivity index (χ2v) is 5.58. The van der Waals surface area contributed by atoms with Gasteiger partial charge in [-0.05, 0) is 33.8 Å². The molecule has 0 aliphatic heterocycles. The molecule has 1 aromatic rings. The largest absolute Gasteiger partial charge is 0.491 e. The van der Waals surface area contributed by atoms with Crippen molar-refractivity contribution in [2.45, 2.75) is 10.8 Å². The van der Waals surface area contributed by atoms with Gasteiger partial charge in [0.25, 0.3) is 0 Å². The van der Waals surface area contributed by atoms with Crippen molar-refractivity contribution in [3.8, 4) is 5.75 Å². The summed E-state index contributed by atoms with van der Waals surface area (Å²) in [7, 11) is 0. The average molecular weight is 394 g/mol. The number of alkyl halides is 4. The maximum absolute atomic E-state index is 11.9. The molecule has 0 atom stereocenters. The Balaban J connectivity index is 2.52. The van der Waals surface area contributed by atoms with E-state index >= 15 is 0 Å². The highest BCUT2D eigenvalue weighted by molar-refractivity contribution is 9.10. The van der Waals surface area contributed by atoms with Crippen molar-refractivity contribution in [2.75, 3.05) is 12.4 Å². The van der Waals surface area contributed by atoms with Gasteiger partial charge in [0.05, 0.1) is 11.1 Å². The minimum atomic E-state index is -4.20. The van der Waals surface area contributed by atoms with Crippen molar-refractivity contribution >= 4 is 43.6 Å². The maximum Gasteiger partial charge on any atom is 0.441 e. The van der Waals surface area contributed by atoms with Gasteiger partial charge in [-0.2, -0.15) is 13.2 Å². The number of rotatable bonds is 5. The van der Waals surface area contributed by atoms with Crippen LogP contribution in [0, 0.1) is 0 Å². The molecule has 1 aromatic carbocycles. The average Bonchev–Trinajstić information content (AvgIpc) is 2.24. The van der Waals surface area contributed by atoms with E-state index in [4.69, 9.17) is 4.74 Å². The molecule has 1 nitrogen and oxygen atoms in total. The summed E-state index contributed by atoms with van der Waals surface area (Å²) in [5.74, 6) is 0.471. The minimum Gasteiger partial charge on any atom is -0.491 e. The Labute approximate surface area is 118 Å². The summed E-state index contributed by atoms with van der Waals surface area (Å²) in [6.45, 7) is 0.0206. The Morgan fingerprint density at radius 3 is 2.59 bits per heavy atom. The van der Waals surface area contributed by atoms with Crippen molar-refractivity contribution in [3.63, 3.8) is 0 Å². The first-order chi connectivity index (χ1) is 7.94. The SMILES string of the molecule is FC(F)(F)SCCOc1c(Br)cccc1CBr. The number of hydrogen-bond acceptors (Lipinski definition) is 2. The van der Waals surface area contributed by atoms with Crippen LogP contribution in [-0.2, 0) is 5.33 Å². The van der Waals surface area contributed by atoms with Gasteiger partial charge >= 0.3 is 5.51 Å². The third-order valence-electron chi connectivity index (χ3n) is 1.79. The summed E-state index contributed by atoms with van der Waals surface area (Å²) in [4.78, 5) is 0. The van der Waals surface area contributed by atoms with Crippen LogP contribution in [0.15, 0.2) is 22.7 Å². The van der Waals surface area contributed by atoms with Crippen LogP contribution in [0.5, 0.6) is 5.75 Å². The zero-order valence-corrected chi connectivity index (χ0v) is 12.5. The number of benzene rings is 1. The van der Waals surface area contributed by atoms with Gasteiger partial charge in [0.2, 0.25) is 0 Å². The van der Waals surface area contributed by atoms with Crippen LogP contribution in [0.1, 0.15) is 5.56 Å². The van der Waals surface area contributed by atoms with Gasteiger partial charge in [0.15, 0.2) is 0 Å². The second kappa shape index (κ2) is 6.89. The van der Waals surface area contributed by atoms with Gasteiger partial charge in [-0.15, -0.1) is 0 Å². The monoisotopic (exact) mass is 392 g/mol. The van der Waals surface area contributed by atoms with E-state index < -0.39 is 5.51 Å². The summed E-state index contributed by atoms with van der Waals surface area (Å²) in [5, 5.41) is 0.591. The molecule has 0 aliphatic carbocycles. The number of halogens is 5. The summed E-state index contributed by atoms with van der Waals surface area (Å²) in [6.07, 6.45) is 0. The van der Waals surface area contributed by atoms with Gasteiger partial charge in [-0.1, -0.05) is 28.1 Å². The van der Waals surface area contributed by atoms with Gasteiger partial charge in [0, 0.05) is 16.6 Å². The molecule has 0 radical (unpaired) electrons. The van der Waals surface area contributed by atoms with Gasteiger partial charge in [-0.25, -0.2) is 0 Å². The first kappa shape index (κ1) is 15.2. The Hall–Kier alpha value is 0.120. The standard InChI is InChI=1S/C10H9Br2F3OS/c11-6-7-2-1-3-8(12)9(7)16-4-5-17-10(13,14)15/h1-3H,4-6H2. The molecule has 0 spiro atoms. The van der Waals surface area contributed by atoms with Crippen molar-refractivity contribution in [3.05, 3.63) is 28.2 Å². The predicted molar refractivity (Wildman–Crippen MR) is 70.8 cm³/mol. The first-order valence-corrected chi connectivity index (χ1v) is 7.51. The molecule has 0 bridgehead atoms. The fourth-order valence-electron chi connectivity index (χ4n) is 1.12. The highest BCUT2D eigenvalue weighted by Gasteiger charge is 2.27. The number of para-hydroxylation sites is 1. The highest BCUT2D eigenvalue weighted by Crippen LogP contribution is 2.32. The Bertz CT molecular complexity index is 371. The fourth-order valence-corrected chi connectivity index (χ4v) is 2.48. The topological polar surface area (TPSA) is 9.23 Å². The Morgan fingerprint density at radius 1 is 1.29 bits per heavy atom. The normalized spacial score (nSPS) is 11.6. The van der Waals surface area contributed by atoms with E-state index in [1.165, 1.54) is 0 Å². The van der Waals surface area contributed by atoms with Crippen molar-refractivity contribution in [2.24, 2.45) is 0 Å². The van der Waals surface area contributed by atoms with Crippen molar-refractivity contribution in [1.82, 2.24) is 0 Å². The van der Waals surface area contributed by atoms with E-state index in [9.17, 15) is 13.2 Å². The molecule has 0 unspecified atom stereocenters. The molecule has 7 heteroatoms. The molecule has 17 heavy (non-hydrogen) atoms. The zero-order valence-electron chi connectivity index (χ0n) is 8.56. The molecule has 0 N–H and O–H groups in total. The van der Waals surface area contributed by atoms with E-state index in [1.807, 2.05) is 12.1 Å². The Morgan fingerprint density at radius 2 is 2.00 bits per heavy atom. The van der Waals surface area contributed by atoms with Crippen molar-refractivity contribution < 1.29 is 17.9 Å². The quantitative estimate of drug-likeness (QED) is 0.515. The van der Waals surface area contributed by atoms with E-state index in [2.05, 4.69) is 31.9 Å². The minimum absolute atomic E-state index is 0.0206. The summed E-state index contributed by atoms with van der Waals surface area (Å²) in [5.41, 5.74) is -3.30. The Kier molecular flexibility index (Phi) is 6.16. The summed E-state index contributed by atoms with van der Waals surface area (Å²) in [6, 6.07) is 5.49. The lowest BCUT2D eigenvalue weighted by molar-refractivity contribution is -0.0329. The number of hydrogen-bond donors (Lipinski definition) is 0. The summed E-state index contributed by atoms with van der Waals surface area (Å²) >= 11 is 6.52. The summed E-state index contributed by atoms with van der Waals surface area (Å²) < 4.78 is 41.8. The molecular formula is C10H9Br2F3OS. The van der Waals surface area contributed by atoms with Gasteiger partial charge in [-0.3, -0.25) is 0 Å². The molecule has 0 saturated heterocycles. The van der Waals surface area contributed by atoms with Crippen LogP contribution in [0.25, 0.3) is 0 Å². The molecule has 0 fully saturated rings. The number of thioether (sulfide) groups is 1. The first-order valence-electron chi connectivity index (χ1n) is 4.61. The highest BCUT2D eigenvalue weighted by atomic mass is 79.9. The third kappa shape index (κ3) is 5.52. The van der Waals surface area contributed by atoms with Gasteiger partial charge < -0.3 is 4.74 Å². The van der Waals surface area contributed by atoms with E-state index in [-0.39, 0.29) is 24.1 Å². The lowest BCUT2D eigenvalue weighted by Crippen LogP contribution is -2.08. The van der Waals surface area contributed by atoms with E-state index in [0.29, 0.717) is 11.1 Å². The molecule has 0 aliphatic rings. The van der Waals surface area contributed by atoms with Crippen LogP contribution >= 0.6 is 43.6 Å². The molecular weight excluding hydrogens is 385 g/mol. The predicted octanol–water partition coefficient (Wildman–Crippen LogP) is 4.98.